The summed E-state index contributed by atoms with van der Waals surface area (Å²) in [4.78, 5) is 0. The van der Waals surface area contributed by atoms with E-state index in [2.05, 4.69) is 135 Å². The first-order valence-electron chi connectivity index (χ1n) is 11.6. The summed E-state index contributed by atoms with van der Waals surface area (Å²) in [7, 11) is 0. The van der Waals surface area contributed by atoms with E-state index in [1.54, 1.807) is 0 Å². The summed E-state index contributed by atoms with van der Waals surface area (Å²) < 4.78 is 2.55. The van der Waals surface area contributed by atoms with Crippen LogP contribution in [0.5, 0.6) is 0 Å². The predicted molar refractivity (Wildman–Crippen MR) is 137 cm³/mol. The lowest BCUT2D eigenvalue weighted by Crippen LogP contribution is -2.30. The van der Waals surface area contributed by atoms with Gasteiger partial charge in [0, 0.05) is 27.2 Å². The molecule has 0 saturated heterocycles. The Kier molecular flexibility index (Phi) is 4.93. The van der Waals surface area contributed by atoms with Crippen molar-refractivity contribution in [3.8, 4) is 0 Å². The number of fused-ring (bicyclic) bond motifs is 3. The van der Waals surface area contributed by atoms with Gasteiger partial charge in [0.25, 0.3) is 0 Å². The number of hydrogen-bond acceptors (Lipinski definition) is 0. The molecular weight excluding hydrogens is 386 g/mol. The fourth-order valence-electron chi connectivity index (χ4n) is 5.21. The Morgan fingerprint density at radius 2 is 0.969 bits per heavy atom. The van der Waals surface area contributed by atoms with Gasteiger partial charge in [0.05, 0.1) is 5.54 Å². The van der Waals surface area contributed by atoms with E-state index in [9.17, 15) is 0 Å². The molecule has 0 aliphatic heterocycles. The zero-order chi connectivity index (χ0) is 22.3. The first-order valence-corrected chi connectivity index (χ1v) is 11.6. The second-order valence-electron chi connectivity index (χ2n) is 9.57. The topological polar surface area (TPSA) is 4.93 Å². The fraction of sp³-hybridized carbons (Fsp3) is 0.226. The summed E-state index contributed by atoms with van der Waals surface area (Å²) in [6.45, 7) is 9.29. The second-order valence-corrected chi connectivity index (χ2v) is 9.57. The first kappa shape index (κ1) is 20.6. The van der Waals surface area contributed by atoms with Gasteiger partial charge in [-0.05, 0) is 42.2 Å². The van der Waals surface area contributed by atoms with Gasteiger partial charge >= 0.3 is 0 Å². The van der Waals surface area contributed by atoms with Crippen molar-refractivity contribution in [3.63, 3.8) is 0 Å². The minimum atomic E-state index is -0.141. The Bertz CT molecular complexity index is 1320. The lowest BCUT2D eigenvalue weighted by atomic mass is 9.77. The van der Waals surface area contributed by atoms with E-state index >= 15 is 0 Å². The molecule has 160 valence electrons. The molecule has 4 aromatic carbocycles. The van der Waals surface area contributed by atoms with Crippen LogP contribution in [-0.4, -0.2) is 4.57 Å². The Morgan fingerprint density at radius 1 is 0.531 bits per heavy atom. The highest BCUT2D eigenvalue weighted by molar-refractivity contribution is 6.08. The molecule has 5 rings (SSSR count). The van der Waals surface area contributed by atoms with E-state index in [0.717, 1.165) is 6.42 Å². The van der Waals surface area contributed by atoms with Gasteiger partial charge in [-0.15, -0.1) is 0 Å². The maximum atomic E-state index is 2.55. The van der Waals surface area contributed by atoms with E-state index in [-0.39, 0.29) is 11.0 Å². The van der Waals surface area contributed by atoms with Gasteiger partial charge in [-0.1, -0.05) is 112 Å². The molecular formula is C31H31N. The van der Waals surface area contributed by atoms with Gasteiger partial charge in [0.1, 0.15) is 0 Å². The maximum absolute atomic E-state index is 2.55. The molecule has 0 N–H and O–H groups in total. The molecule has 0 radical (unpaired) electrons. The molecule has 0 saturated carbocycles. The number of benzene rings is 4. The summed E-state index contributed by atoms with van der Waals surface area (Å²) in [5.41, 5.74) is 6.45. The SMILES string of the molecule is CCC(C)(c1ccc(C(C)(C)c2ccccc2)cc1)n1c2ccccc2c2ccccc21. The summed E-state index contributed by atoms with van der Waals surface area (Å²) in [6.07, 6.45) is 1.01. The van der Waals surface area contributed by atoms with Gasteiger partial charge in [-0.2, -0.15) is 0 Å². The Balaban J connectivity index is 1.66. The highest BCUT2D eigenvalue weighted by Crippen LogP contribution is 2.40. The van der Waals surface area contributed by atoms with Gasteiger partial charge in [-0.3, -0.25) is 0 Å². The van der Waals surface area contributed by atoms with Crippen molar-refractivity contribution in [1.82, 2.24) is 4.57 Å². The Morgan fingerprint density at radius 3 is 1.50 bits per heavy atom. The van der Waals surface area contributed by atoms with Crippen LogP contribution in [0.25, 0.3) is 21.8 Å². The van der Waals surface area contributed by atoms with Crippen LogP contribution < -0.4 is 0 Å². The average molecular weight is 418 g/mol. The fourth-order valence-corrected chi connectivity index (χ4v) is 5.21. The largest absolute Gasteiger partial charge is 0.330 e. The number of aromatic nitrogens is 1. The molecule has 32 heavy (non-hydrogen) atoms. The molecule has 0 fully saturated rings. The summed E-state index contributed by atoms with van der Waals surface area (Å²) >= 11 is 0. The summed E-state index contributed by atoms with van der Waals surface area (Å²) in [5, 5.41) is 2.65. The van der Waals surface area contributed by atoms with Gasteiger partial charge in [-0.25, -0.2) is 0 Å². The minimum Gasteiger partial charge on any atom is -0.330 e. The zero-order valence-corrected chi connectivity index (χ0v) is 19.5. The lowest BCUT2D eigenvalue weighted by Gasteiger charge is -2.34. The number of nitrogens with zero attached hydrogens (tertiary/aromatic N) is 1. The molecule has 5 aromatic rings. The van der Waals surface area contributed by atoms with Crippen molar-refractivity contribution in [1.29, 1.82) is 0 Å². The normalized spacial score (nSPS) is 14.0. The number of hydrogen-bond donors (Lipinski definition) is 0. The zero-order valence-electron chi connectivity index (χ0n) is 19.5. The van der Waals surface area contributed by atoms with Crippen LogP contribution in [0.15, 0.2) is 103 Å². The average Bonchev–Trinajstić information content (AvgIpc) is 3.19. The van der Waals surface area contributed by atoms with E-state index < -0.39 is 0 Å². The van der Waals surface area contributed by atoms with Crippen LogP contribution in [-0.2, 0) is 11.0 Å². The van der Waals surface area contributed by atoms with Crippen molar-refractivity contribution in [2.75, 3.05) is 0 Å². The van der Waals surface area contributed by atoms with Crippen LogP contribution in [0.1, 0.15) is 50.8 Å². The molecule has 0 aliphatic carbocycles. The summed E-state index contributed by atoms with van der Waals surface area (Å²) in [5.74, 6) is 0. The Hall–Kier alpha value is -3.32. The standard InChI is InChI=1S/C31H31N/c1-5-31(4,32-28-17-11-9-15-26(28)27-16-10-12-18-29(27)32)25-21-19-24(20-22-25)30(2,3)23-13-7-6-8-14-23/h6-22H,5H2,1-4H3. The monoisotopic (exact) mass is 417 g/mol. The molecule has 1 nitrogen and oxygen atoms in total. The van der Waals surface area contributed by atoms with Crippen molar-refractivity contribution in [2.24, 2.45) is 0 Å². The molecule has 0 amide bonds. The predicted octanol–water partition coefficient (Wildman–Crippen LogP) is 8.29. The number of rotatable bonds is 5. The van der Waals surface area contributed by atoms with Crippen LogP contribution in [0.3, 0.4) is 0 Å². The third-order valence-corrected chi connectivity index (χ3v) is 7.49. The highest BCUT2D eigenvalue weighted by atomic mass is 15.1. The molecule has 1 aromatic heterocycles. The molecule has 0 aliphatic rings. The van der Waals surface area contributed by atoms with E-state index in [0.29, 0.717) is 0 Å². The second kappa shape index (κ2) is 7.67. The molecule has 0 bridgehead atoms. The van der Waals surface area contributed by atoms with Crippen molar-refractivity contribution < 1.29 is 0 Å². The number of para-hydroxylation sites is 2. The third kappa shape index (κ3) is 3.07. The lowest BCUT2D eigenvalue weighted by molar-refractivity contribution is 0.402. The van der Waals surface area contributed by atoms with Crippen LogP contribution >= 0.6 is 0 Å². The maximum Gasteiger partial charge on any atom is 0.0672 e. The van der Waals surface area contributed by atoms with Crippen molar-refractivity contribution in [3.05, 3.63) is 120 Å². The molecule has 1 heteroatoms. The van der Waals surface area contributed by atoms with E-state index in [1.807, 2.05) is 0 Å². The Labute approximate surface area is 191 Å². The van der Waals surface area contributed by atoms with Gasteiger partial charge in [0.15, 0.2) is 0 Å². The van der Waals surface area contributed by atoms with Crippen molar-refractivity contribution >= 4 is 21.8 Å². The minimum absolute atomic E-state index is 0.0325. The van der Waals surface area contributed by atoms with E-state index in [4.69, 9.17) is 0 Å². The molecule has 1 unspecified atom stereocenters. The van der Waals surface area contributed by atoms with E-state index in [1.165, 1.54) is 38.5 Å². The molecule has 0 spiro atoms. The summed E-state index contributed by atoms with van der Waals surface area (Å²) in [6, 6.07) is 37.7. The molecule has 1 heterocycles. The molecule has 1 atom stereocenters. The first-order chi connectivity index (χ1) is 15.5. The van der Waals surface area contributed by atoms with Crippen LogP contribution in [0.2, 0.25) is 0 Å². The van der Waals surface area contributed by atoms with Crippen LogP contribution in [0, 0.1) is 0 Å². The third-order valence-electron chi connectivity index (χ3n) is 7.49. The smallest absolute Gasteiger partial charge is 0.0672 e. The quantitative estimate of drug-likeness (QED) is 0.271. The highest BCUT2D eigenvalue weighted by Gasteiger charge is 2.31. The van der Waals surface area contributed by atoms with Gasteiger partial charge in [0.2, 0.25) is 0 Å². The van der Waals surface area contributed by atoms with Crippen LogP contribution in [0.4, 0.5) is 0 Å². The van der Waals surface area contributed by atoms with Gasteiger partial charge < -0.3 is 4.57 Å². The van der Waals surface area contributed by atoms with Crippen molar-refractivity contribution in [2.45, 2.75) is 45.1 Å².